The van der Waals surface area contributed by atoms with Crippen molar-refractivity contribution in [2.75, 3.05) is 0 Å². The molecule has 1 aromatic carbocycles. The highest BCUT2D eigenvalue weighted by atomic mass is 16.5. The molecular formula is C20H24N2O. The predicted molar refractivity (Wildman–Crippen MR) is 95.0 cm³/mol. The Morgan fingerprint density at radius 3 is 2.70 bits per heavy atom. The molecule has 3 aromatic rings. The first kappa shape index (κ1) is 15.6. The molecular weight excluding hydrogens is 284 g/mol. The lowest BCUT2D eigenvalue weighted by Crippen LogP contribution is -2.02. The third-order valence-corrected chi connectivity index (χ3v) is 4.38. The van der Waals surface area contributed by atoms with Crippen molar-refractivity contribution in [1.29, 1.82) is 0 Å². The van der Waals surface area contributed by atoms with E-state index in [9.17, 15) is 0 Å². The molecule has 0 saturated heterocycles. The first-order valence-corrected chi connectivity index (χ1v) is 8.24. The molecule has 3 nitrogen and oxygen atoms in total. The first-order valence-electron chi connectivity index (χ1n) is 8.24. The third-order valence-electron chi connectivity index (χ3n) is 4.38. The summed E-state index contributed by atoms with van der Waals surface area (Å²) in [5, 5.41) is 0. The van der Waals surface area contributed by atoms with Crippen LogP contribution in [0.3, 0.4) is 0 Å². The Morgan fingerprint density at radius 2 is 1.96 bits per heavy atom. The molecule has 120 valence electrons. The van der Waals surface area contributed by atoms with Crippen LogP contribution in [-0.4, -0.2) is 9.55 Å². The van der Waals surface area contributed by atoms with E-state index in [2.05, 4.69) is 61.5 Å². The van der Waals surface area contributed by atoms with E-state index in [1.807, 2.05) is 12.3 Å². The van der Waals surface area contributed by atoms with Crippen molar-refractivity contribution in [3.05, 3.63) is 58.9 Å². The van der Waals surface area contributed by atoms with Crippen LogP contribution in [0.1, 0.15) is 35.7 Å². The highest BCUT2D eigenvalue weighted by molar-refractivity contribution is 5.86. The van der Waals surface area contributed by atoms with Crippen molar-refractivity contribution < 1.29 is 4.74 Å². The van der Waals surface area contributed by atoms with Crippen LogP contribution in [0.4, 0.5) is 0 Å². The molecule has 0 saturated carbocycles. The zero-order chi connectivity index (χ0) is 16.4. The predicted octanol–water partition coefficient (Wildman–Crippen LogP) is 4.95. The molecule has 0 spiro atoms. The largest absolute Gasteiger partial charge is 0.487 e. The number of ether oxygens (including phenoxy) is 1. The van der Waals surface area contributed by atoms with Crippen molar-refractivity contribution in [3.63, 3.8) is 0 Å². The van der Waals surface area contributed by atoms with Crippen molar-refractivity contribution in [1.82, 2.24) is 9.55 Å². The van der Waals surface area contributed by atoms with E-state index >= 15 is 0 Å². The lowest BCUT2D eigenvalue weighted by atomic mass is 10.1. The van der Waals surface area contributed by atoms with E-state index in [0.29, 0.717) is 6.61 Å². The number of hydrogen-bond acceptors (Lipinski definition) is 2. The Morgan fingerprint density at radius 1 is 1.13 bits per heavy atom. The van der Waals surface area contributed by atoms with Crippen LogP contribution in [0, 0.1) is 20.8 Å². The summed E-state index contributed by atoms with van der Waals surface area (Å²) >= 11 is 0. The van der Waals surface area contributed by atoms with Gasteiger partial charge in [0.05, 0.1) is 5.52 Å². The van der Waals surface area contributed by atoms with E-state index in [-0.39, 0.29) is 0 Å². The molecule has 0 unspecified atom stereocenters. The third kappa shape index (κ3) is 2.96. The second-order valence-electron chi connectivity index (χ2n) is 6.15. The maximum atomic E-state index is 6.15. The molecule has 0 bridgehead atoms. The SMILES string of the molecule is CCCn1c(C)c(C)c2nccc(OCc3cccc(C)c3)c21. The highest BCUT2D eigenvalue weighted by Gasteiger charge is 2.15. The Kier molecular flexibility index (Phi) is 4.37. The van der Waals surface area contributed by atoms with Crippen LogP contribution in [-0.2, 0) is 13.2 Å². The molecule has 0 aliphatic heterocycles. The summed E-state index contributed by atoms with van der Waals surface area (Å²) in [6.07, 6.45) is 2.94. The monoisotopic (exact) mass is 308 g/mol. The van der Waals surface area contributed by atoms with E-state index < -0.39 is 0 Å². The van der Waals surface area contributed by atoms with Gasteiger partial charge in [-0.3, -0.25) is 4.98 Å². The molecule has 2 heterocycles. The lowest BCUT2D eigenvalue weighted by Gasteiger charge is -2.12. The quantitative estimate of drug-likeness (QED) is 0.667. The summed E-state index contributed by atoms with van der Waals surface area (Å²) in [5.41, 5.74) is 7.15. The molecule has 0 aliphatic carbocycles. The molecule has 3 rings (SSSR count). The molecule has 3 heteroatoms. The van der Waals surface area contributed by atoms with Crippen LogP contribution in [0.15, 0.2) is 36.5 Å². The molecule has 0 amide bonds. The summed E-state index contributed by atoms with van der Waals surface area (Å²) < 4.78 is 8.49. The van der Waals surface area contributed by atoms with Gasteiger partial charge in [-0.25, -0.2) is 0 Å². The average molecular weight is 308 g/mol. The minimum Gasteiger partial charge on any atom is -0.487 e. The fourth-order valence-electron chi connectivity index (χ4n) is 3.10. The molecule has 23 heavy (non-hydrogen) atoms. The number of benzene rings is 1. The number of aryl methyl sites for hydroxylation is 3. The highest BCUT2D eigenvalue weighted by Crippen LogP contribution is 2.31. The van der Waals surface area contributed by atoms with Crippen molar-refractivity contribution in [3.8, 4) is 5.75 Å². The Bertz CT molecular complexity index is 833. The van der Waals surface area contributed by atoms with Gasteiger partial charge in [0.25, 0.3) is 0 Å². The average Bonchev–Trinajstić information content (AvgIpc) is 2.79. The van der Waals surface area contributed by atoms with E-state index in [0.717, 1.165) is 29.7 Å². The number of pyridine rings is 1. The van der Waals surface area contributed by atoms with Gasteiger partial charge in [-0.1, -0.05) is 36.8 Å². The fraction of sp³-hybridized carbons (Fsp3) is 0.350. The number of fused-ring (bicyclic) bond motifs is 1. The van der Waals surface area contributed by atoms with Gasteiger partial charge in [0.1, 0.15) is 17.9 Å². The molecule has 0 aliphatic rings. The summed E-state index contributed by atoms with van der Waals surface area (Å²) in [4.78, 5) is 4.57. The van der Waals surface area contributed by atoms with E-state index in [1.54, 1.807) is 0 Å². The topological polar surface area (TPSA) is 27.1 Å². The molecule has 2 aromatic heterocycles. The van der Waals surface area contributed by atoms with Gasteiger partial charge in [0.15, 0.2) is 0 Å². The van der Waals surface area contributed by atoms with Crippen LogP contribution in [0.5, 0.6) is 5.75 Å². The molecule has 0 N–H and O–H groups in total. The molecule has 0 fully saturated rings. The summed E-state index contributed by atoms with van der Waals surface area (Å²) in [5.74, 6) is 0.918. The first-order chi connectivity index (χ1) is 11.1. The Labute approximate surface area is 137 Å². The van der Waals surface area contributed by atoms with Gasteiger partial charge < -0.3 is 9.30 Å². The van der Waals surface area contributed by atoms with E-state index in [1.165, 1.54) is 22.4 Å². The van der Waals surface area contributed by atoms with Crippen molar-refractivity contribution in [2.24, 2.45) is 0 Å². The normalized spacial score (nSPS) is 11.1. The van der Waals surface area contributed by atoms with Gasteiger partial charge in [-0.2, -0.15) is 0 Å². The maximum Gasteiger partial charge on any atom is 0.147 e. The Hall–Kier alpha value is -2.29. The second kappa shape index (κ2) is 6.45. The smallest absolute Gasteiger partial charge is 0.147 e. The van der Waals surface area contributed by atoms with Crippen molar-refractivity contribution >= 4 is 11.0 Å². The number of nitrogens with zero attached hydrogens (tertiary/aromatic N) is 2. The standard InChI is InChI=1S/C20H24N2O/c1-5-11-22-16(4)15(3)19-20(22)18(9-10-21-19)23-13-17-8-6-7-14(2)12-17/h6-10,12H,5,11,13H2,1-4H3. The zero-order valence-electron chi connectivity index (χ0n) is 14.4. The molecule has 0 radical (unpaired) electrons. The van der Waals surface area contributed by atoms with Crippen molar-refractivity contribution in [2.45, 2.75) is 47.3 Å². The van der Waals surface area contributed by atoms with Crippen LogP contribution >= 0.6 is 0 Å². The minimum absolute atomic E-state index is 0.580. The van der Waals surface area contributed by atoms with Gasteiger partial charge in [-0.05, 0) is 38.3 Å². The summed E-state index contributed by atoms with van der Waals surface area (Å²) in [6, 6.07) is 10.4. The van der Waals surface area contributed by atoms with Gasteiger partial charge in [0, 0.05) is 24.5 Å². The maximum absolute atomic E-state index is 6.15. The van der Waals surface area contributed by atoms with Crippen LogP contribution in [0.25, 0.3) is 11.0 Å². The summed E-state index contributed by atoms with van der Waals surface area (Å²) in [6.45, 7) is 10.2. The van der Waals surface area contributed by atoms with Crippen LogP contribution < -0.4 is 4.74 Å². The number of rotatable bonds is 5. The van der Waals surface area contributed by atoms with Gasteiger partial charge in [0.2, 0.25) is 0 Å². The van der Waals surface area contributed by atoms with Gasteiger partial charge in [-0.15, -0.1) is 0 Å². The lowest BCUT2D eigenvalue weighted by molar-refractivity contribution is 0.308. The van der Waals surface area contributed by atoms with Crippen LogP contribution in [0.2, 0.25) is 0 Å². The van der Waals surface area contributed by atoms with Gasteiger partial charge >= 0.3 is 0 Å². The second-order valence-corrected chi connectivity index (χ2v) is 6.15. The minimum atomic E-state index is 0.580. The number of aromatic nitrogens is 2. The zero-order valence-corrected chi connectivity index (χ0v) is 14.4. The summed E-state index contributed by atoms with van der Waals surface area (Å²) in [7, 11) is 0. The van der Waals surface area contributed by atoms with E-state index in [4.69, 9.17) is 4.74 Å². The Balaban J connectivity index is 1.99. The number of hydrogen-bond donors (Lipinski definition) is 0. The molecule has 0 atom stereocenters. The fourth-order valence-corrected chi connectivity index (χ4v) is 3.10.